The number of ether oxygens (including phenoxy) is 1. The smallest absolute Gasteiger partial charge is 0.0721 e. The summed E-state index contributed by atoms with van der Waals surface area (Å²) in [6.45, 7) is 3.68. The highest BCUT2D eigenvalue weighted by molar-refractivity contribution is 9.10. The van der Waals surface area contributed by atoms with Crippen LogP contribution in [0.25, 0.3) is 0 Å². The van der Waals surface area contributed by atoms with Crippen LogP contribution in [0.2, 0.25) is 0 Å². The van der Waals surface area contributed by atoms with E-state index in [4.69, 9.17) is 4.74 Å². The first-order chi connectivity index (χ1) is 10.3. The number of hydrogen-bond donors (Lipinski definition) is 1. The number of benzene rings is 2. The topological polar surface area (TPSA) is 21.3 Å². The van der Waals surface area contributed by atoms with Gasteiger partial charge < -0.3 is 10.1 Å². The molecule has 3 rings (SSSR count). The zero-order valence-electron chi connectivity index (χ0n) is 12.2. The molecule has 0 aromatic heterocycles. The summed E-state index contributed by atoms with van der Waals surface area (Å²) < 4.78 is 6.86. The number of fused-ring (bicyclic) bond motifs is 1. The van der Waals surface area contributed by atoms with E-state index in [-0.39, 0.29) is 6.04 Å². The summed E-state index contributed by atoms with van der Waals surface area (Å²) in [7, 11) is 0. The molecule has 0 bridgehead atoms. The summed E-state index contributed by atoms with van der Waals surface area (Å²) in [4.78, 5) is 0. The number of rotatable bonds is 4. The van der Waals surface area contributed by atoms with Gasteiger partial charge in [0, 0.05) is 10.5 Å². The van der Waals surface area contributed by atoms with Gasteiger partial charge in [-0.1, -0.05) is 59.3 Å². The van der Waals surface area contributed by atoms with Gasteiger partial charge in [-0.15, -0.1) is 0 Å². The molecule has 2 nitrogen and oxygen atoms in total. The van der Waals surface area contributed by atoms with E-state index in [1.807, 2.05) is 0 Å². The molecule has 2 aromatic rings. The summed E-state index contributed by atoms with van der Waals surface area (Å²) >= 11 is 3.50. The third-order valence-corrected chi connectivity index (χ3v) is 4.58. The van der Waals surface area contributed by atoms with Crippen molar-refractivity contribution in [3.8, 4) is 0 Å². The molecule has 2 aromatic carbocycles. The summed E-state index contributed by atoms with van der Waals surface area (Å²) in [5.74, 6) is 0. The predicted molar refractivity (Wildman–Crippen MR) is 89.1 cm³/mol. The largest absolute Gasteiger partial charge is 0.375 e. The number of hydrogen-bond acceptors (Lipinski definition) is 2. The van der Waals surface area contributed by atoms with Gasteiger partial charge in [-0.3, -0.25) is 0 Å². The quantitative estimate of drug-likeness (QED) is 0.862. The van der Waals surface area contributed by atoms with Crippen molar-refractivity contribution in [2.45, 2.75) is 32.0 Å². The highest BCUT2D eigenvalue weighted by Gasteiger charge is 2.23. The van der Waals surface area contributed by atoms with Crippen LogP contribution in [0.4, 0.5) is 0 Å². The Morgan fingerprint density at radius 1 is 1.19 bits per heavy atom. The highest BCUT2D eigenvalue weighted by Crippen LogP contribution is 2.28. The van der Waals surface area contributed by atoms with E-state index in [1.165, 1.54) is 16.7 Å². The van der Waals surface area contributed by atoms with Crippen molar-refractivity contribution in [1.29, 1.82) is 0 Å². The minimum atomic E-state index is 0.267. The normalized spacial score (nSPS) is 19.0. The molecular formula is C18H20BrNO. The summed E-state index contributed by atoms with van der Waals surface area (Å²) in [6.07, 6.45) is 1.06. The van der Waals surface area contributed by atoms with Gasteiger partial charge in [0.15, 0.2) is 0 Å². The van der Waals surface area contributed by atoms with Gasteiger partial charge in [0.05, 0.1) is 19.3 Å². The van der Waals surface area contributed by atoms with Gasteiger partial charge in [-0.25, -0.2) is 0 Å². The third kappa shape index (κ3) is 3.37. The summed E-state index contributed by atoms with van der Waals surface area (Å²) in [5.41, 5.74) is 4.00. The Labute approximate surface area is 134 Å². The van der Waals surface area contributed by atoms with E-state index in [9.17, 15) is 0 Å². The van der Waals surface area contributed by atoms with Crippen LogP contribution >= 0.6 is 15.9 Å². The Morgan fingerprint density at radius 3 is 2.71 bits per heavy atom. The molecule has 0 amide bonds. The molecule has 2 atom stereocenters. The highest BCUT2D eigenvalue weighted by atomic mass is 79.9. The van der Waals surface area contributed by atoms with E-state index in [0.29, 0.717) is 6.04 Å². The molecule has 0 radical (unpaired) electrons. The molecule has 21 heavy (non-hydrogen) atoms. The standard InChI is InChI=1S/C18H20BrNO/c1-2-17(13-7-9-15(19)10-8-13)20-18-12-21-11-14-5-3-4-6-16(14)18/h3-10,17-18,20H,2,11-12H2,1H3. The molecule has 0 saturated carbocycles. The van der Waals surface area contributed by atoms with Crippen LogP contribution in [0.5, 0.6) is 0 Å². The first-order valence-corrected chi connectivity index (χ1v) is 8.24. The Bertz CT molecular complexity index is 596. The van der Waals surface area contributed by atoms with Crippen molar-refractivity contribution in [3.63, 3.8) is 0 Å². The fourth-order valence-corrected chi connectivity index (χ4v) is 3.17. The molecule has 1 heterocycles. The lowest BCUT2D eigenvalue weighted by Crippen LogP contribution is -2.32. The molecule has 110 valence electrons. The lowest BCUT2D eigenvalue weighted by atomic mass is 9.96. The molecule has 0 spiro atoms. The second-order valence-corrected chi connectivity index (χ2v) is 6.36. The average Bonchev–Trinajstić information content (AvgIpc) is 2.54. The van der Waals surface area contributed by atoms with E-state index in [0.717, 1.165) is 24.1 Å². The van der Waals surface area contributed by atoms with Gasteiger partial charge in [-0.05, 0) is 35.2 Å². The molecule has 1 aliphatic rings. The SMILES string of the molecule is CCC(NC1COCc2ccccc21)c1ccc(Br)cc1. The summed E-state index contributed by atoms with van der Waals surface area (Å²) in [6, 6.07) is 17.7. The van der Waals surface area contributed by atoms with E-state index in [2.05, 4.69) is 76.7 Å². The molecule has 2 unspecified atom stereocenters. The minimum absolute atomic E-state index is 0.267. The van der Waals surface area contributed by atoms with Crippen LogP contribution in [-0.4, -0.2) is 6.61 Å². The molecule has 1 aliphatic heterocycles. The first kappa shape index (κ1) is 14.8. The van der Waals surface area contributed by atoms with Gasteiger partial charge in [0.1, 0.15) is 0 Å². The number of halogens is 1. The third-order valence-electron chi connectivity index (χ3n) is 4.06. The van der Waals surface area contributed by atoms with Crippen molar-refractivity contribution < 1.29 is 4.74 Å². The van der Waals surface area contributed by atoms with Crippen LogP contribution in [0, 0.1) is 0 Å². The van der Waals surface area contributed by atoms with E-state index >= 15 is 0 Å². The van der Waals surface area contributed by atoms with Crippen LogP contribution in [0.1, 0.15) is 42.1 Å². The zero-order chi connectivity index (χ0) is 14.7. The monoisotopic (exact) mass is 345 g/mol. The van der Waals surface area contributed by atoms with Crippen LogP contribution in [-0.2, 0) is 11.3 Å². The molecule has 3 heteroatoms. The Morgan fingerprint density at radius 2 is 1.95 bits per heavy atom. The van der Waals surface area contributed by atoms with Crippen molar-refractivity contribution in [1.82, 2.24) is 5.32 Å². The van der Waals surface area contributed by atoms with Crippen molar-refractivity contribution in [2.75, 3.05) is 6.61 Å². The van der Waals surface area contributed by atoms with E-state index < -0.39 is 0 Å². The van der Waals surface area contributed by atoms with Crippen molar-refractivity contribution >= 4 is 15.9 Å². The van der Waals surface area contributed by atoms with Gasteiger partial charge in [0.2, 0.25) is 0 Å². The Balaban J connectivity index is 1.80. The molecular weight excluding hydrogens is 326 g/mol. The van der Waals surface area contributed by atoms with Gasteiger partial charge >= 0.3 is 0 Å². The predicted octanol–water partition coefficient (Wildman–Crippen LogP) is 4.76. The van der Waals surface area contributed by atoms with Gasteiger partial charge in [-0.2, -0.15) is 0 Å². The molecule has 0 aliphatic carbocycles. The Hall–Kier alpha value is -1.16. The second-order valence-electron chi connectivity index (χ2n) is 5.45. The minimum Gasteiger partial charge on any atom is -0.375 e. The van der Waals surface area contributed by atoms with Crippen LogP contribution < -0.4 is 5.32 Å². The van der Waals surface area contributed by atoms with Crippen molar-refractivity contribution in [3.05, 3.63) is 69.7 Å². The fraction of sp³-hybridized carbons (Fsp3) is 0.333. The molecule has 0 saturated heterocycles. The first-order valence-electron chi connectivity index (χ1n) is 7.45. The maximum Gasteiger partial charge on any atom is 0.0721 e. The Kier molecular flexibility index (Phi) is 4.73. The average molecular weight is 346 g/mol. The lowest BCUT2D eigenvalue weighted by molar-refractivity contribution is 0.0781. The molecule has 1 N–H and O–H groups in total. The summed E-state index contributed by atoms with van der Waals surface area (Å²) in [5, 5.41) is 3.76. The second kappa shape index (κ2) is 6.73. The molecule has 0 fully saturated rings. The van der Waals surface area contributed by atoms with Crippen molar-refractivity contribution in [2.24, 2.45) is 0 Å². The van der Waals surface area contributed by atoms with Crippen LogP contribution in [0.15, 0.2) is 53.0 Å². The van der Waals surface area contributed by atoms with E-state index in [1.54, 1.807) is 0 Å². The maximum absolute atomic E-state index is 5.74. The fourth-order valence-electron chi connectivity index (χ4n) is 2.91. The van der Waals surface area contributed by atoms with Gasteiger partial charge in [0.25, 0.3) is 0 Å². The lowest BCUT2D eigenvalue weighted by Gasteiger charge is -2.30. The maximum atomic E-state index is 5.74. The zero-order valence-corrected chi connectivity index (χ0v) is 13.8. The number of nitrogens with one attached hydrogen (secondary N) is 1. The van der Waals surface area contributed by atoms with Crippen LogP contribution in [0.3, 0.4) is 0 Å².